The van der Waals surface area contributed by atoms with Crippen LogP contribution in [0.25, 0.3) is 0 Å². The van der Waals surface area contributed by atoms with E-state index in [9.17, 15) is 0 Å². The minimum Gasteiger partial charge on any atom is -0.490 e. The van der Waals surface area contributed by atoms with Gasteiger partial charge in [0.1, 0.15) is 0 Å². The Hall–Kier alpha value is -2.70. The first-order valence-corrected chi connectivity index (χ1v) is 8.64. The fourth-order valence-electron chi connectivity index (χ4n) is 2.57. The average Bonchev–Trinajstić information content (AvgIpc) is 2.89. The molecular weight excluding hydrogens is 318 g/mol. The van der Waals surface area contributed by atoms with Crippen LogP contribution in [0.3, 0.4) is 0 Å². The third-order valence-corrected chi connectivity index (χ3v) is 3.94. The lowest BCUT2D eigenvalue weighted by atomic mass is 10.2. The Morgan fingerprint density at radius 3 is 2.80 bits per heavy atom. The first-order chi connectivity index (χ1) is 12.3. The number of hydrogen-bond donors (Lipinski definition) is 2. The molecule has 0 bridgehead atoms. The fraction of sp³-hybridized carbons (Fsp3) is 0.444. The largest absolute Gasteiger partial charge is 0.490 e. The van der Waals surface area contributed by atoms with Gasteiger partial charge in [0.2, 0.25) is 0 Å². The summed E-state index contributed by atoms with van der Waals surface area (Å²) in [6, 6.07) is 7.98. The van der Waals surface area contributed by atoms with E-state index in [1.807, 2.05) is 36.0 Å². The van der Waals surface area contributed by atoms with Crippen LogP contribution < -0.4 is 20.1 Å². The normalized spacial score (nSPS) is 14.1. The number of rotatable bonds is 5. The molecule has 0 saturated carbocycles. The maximum atomic E-state index is 5.74. The molecule has 0 amide bonds. The number of aliphatic imine (C=N–C) groups is 1. The number of fused-ring (bicyclic) bond motifs is 1. The SMILES string of the molecule is CCNC(=NCc1ccc2c(c1)OCCCO2)NCc1ccnn1C. The highest BCUT2D eigenvalue weighted by Crippen LogP contribution is 2.30. The third kappa shape index (κ3) is 4.65. The van der Waals surface area contributed by atoms with Crippen LogP contribution in [0.2, 0.25) is 0 Å². The first-order valence-electron chi connectivity index (χ1n) is 8.64. The van der Waals surface area contributed by atoms with Crippen LogP contribution in [0.1, 0.15) is 24.6 Å². The van der Waals surface area contributed by atoms with Crippen LogP contribution in [-0.4, -0.2) is 35.5 Å². The number of guanidine groups is 1. The van der Waals surface area contributed by atoms with Crippen molar-refractivity contribution in [3.8, 4) is 11.5 Å². The van der Waals surface area contributed by atoms with Crippen LogP contribution in [0.5, 0.6) is 11.5 Å². The molecule has 7 nitrogen and oxygen atoms in total. The molecule has 0 fully saturated rings. The number of hydrogen-bond acceptors (Lipinski definition) is 4. The van der Waals surface area contributed by atoms with Crippen LogP contribution in [-0.2, 0) is 20.1 Å². The molecule has 1 aliphatic heterocycles. The minimum absolute atomic E-state index is 0.567. The van der Waals surface area contributed by atoms with Gasteiger partial charge in [0.25, 0.3) is 0 Å². The van der Waals surface area contributed by atoms with Crippen LogP contribution in [0.4, 0.5) is 0 Å². The standard InChI is InChI=1S/C18H25N5O2/c1-3-19-18(21-13-15-7-8-22-23(15)2)20-12-14-5-6-16-17(11-14)25-10-4-9-24-16/h5-8,11H,3-4,9-10,12-13H2,1-2H3,(H2,19,20,21). The summed E-state index contributed by atoms with van der Waals surface area (Å²) < 4.78 is 13.3. The molecule has 7 heteroatoms. The molecular formula is C18H25N5O2. The summed E-state index contributed by atoms with van der Waals surface area (Å²) >= 11 is 0. The topological polar surface area (TPSA) is 72.7 Å². The van der Waals surface area contributed by atoms with E-state index in [2.05, 4.69) is 27.6 Å². The Morgan fingerprint density at radius 2 is 2.04 bits per heavy atom. The van der Waals surface area contributed by atoms with Gasteiger partial charge in [-0.05, 0) is 30.7 Å². The van der Waals surface area contributed by atoms with Gasteiger partial charge in [-0.1, -0.05) is 6.07 Å². The summed E-state index contributed by atoms with van der Waals surface area (Å²) in [6.07, 6.45) is 2.70. The third-order valence-electron chi connectivity index (χ3n) is 3.94. The molecule has 25 heavy (non-hydrogen) atoms. The molecule has 0 atom stereocenters. The van der Waals surface area contributed by atoms with Gasteiger partial charge in [-0.3, -0.25) is 4.68 Å². The summed E-state index contributed by atoms with van der Waals surface area (Å²) in [5, 5.41) is 10.8. The average molecular weight is 343 g/mol. The minimum atomic E-state index is 0.567. The molecule has 0 saturated heterocycles. The maximum absolute atomic E-state index is 5.74. The van der Waals surface area contributed by atoms with E-state index in [4.69, 9.17) is 9.47 Å². The Kier molecular flexibility index (Phi) is 5.77. The Balaban J connectivity index is 1.64. The van der Waals surface area contributed by atoms with E-state index in [-0.39, 0.29) is 0 Å². The van der Waals surface area contributed by atoms with Crippen molar-refractivity contribution in [3.63, 3.8) is 0 Å². The van der Waals surface area contributed by atoms with Gasteiger partial charge in [0.15, 0.2) is 17.5 Å². The van der Waals surface area contributed by atoms with Crippen molar-refractivity contribution in [2.75, 3.05) is 19.8 Å². The zero-order chi connectivity index (χ0) is 17.5. The Morgan fingerprint density at radius 1 is 1.20 bits per heavy atom. The number of nitrogens with zero attached hydrogens (tertiary/aromatic N) is 3. The second-order valence-electron chi connectivity index (χ2n) is 5.83. The van der Waals surface area contributed by atoms with E-state index >= 15 is 0 Å². The number of nitrogens with one attached hydrogen (secondary N) is 2. The quantitative estimate of drug-likeness (QED) is 0.640. The lowest BCUT2D eigenvalue weighted by Gasteiger charge is -2.12. The van der Waals surface area contributed by atoms with Crippen molar-refractivity contribution in [1.82, 2.24) is 20.4 Å². The summed E-state index contributed by atoms with van der Waals surface area (Å²) in [4.78, 5) is 4.65. The molecule has 2 heterocycles. The van der Waals surface area contributed by atoms with Gasteiger partial charge in [-0.2, -0.15) is 5.10 Å². The molecule has 3 rings (SSSR count). The van der Waals surface area contributed by atoms with Crippen molar-refractivity contribution >= 4 is 5.96 Å². The van der Waals surface area contributed by atoms with E-state index in [0.717, 1.165) is 41.7 Å². The second kappa shape index (κ2) is 8.41. The zero-order valence-electron chi connectivity index (χ0n) is 14.8. The highest BCUT2D eigenvalue weighted by molar-refractivity contribution is 5.79. The van der Waals surface area contributed by atoms with Gasteiger partial charge in [0, 0.05) is 26.2 Å². The lowest BCUT2D eigenvalue weighted by molar-refractivity contribution is 0.297. The number of aryl methyl sites for hydroxylation is 1. The van der Waals surface area contributed by atoms with E-state index in [1.165, 1.54) is 0 Å². The first kappa shape index (κ1) is 17.1. The maximum Gasteiger partial charge on any atom is 0.191 e. The van der Waals surface area contributed by atoms with Crippen molar-refractivity contribution in [2.45, 2.75) is 26.4 Å². The highest BCUT2D eigenvalue weighted by Gasteiger charge is 2.10. The van der Waals surface area contributed by atoms with Gasteiger partial charge in [-0.15, -0.1) is 0 Å². The van der Waals surface area contributed by atoms with E-state index < -0.39 is 0 Å². The summed E-state index contributed by atoms with van der Waals surface area (Å²) in [7, 11) is 1.93. The molecule has 0 radical (unpaired) electrons. The molecule has 2 N–H and O–H groups in total. The van der Waals surface area contributed by atoms with E-state index in [1.54, 1.807) is 6.20 Å². The van der Waals surface area contributed by atoms with Gasteiger partial charge >= 0.3 is 0 Å². The highest BCUT2D eigenvalue weighted by atomic mass is 16.5. The molecule has 0 aliphatic carbocycles. The monoisotopic (exact) mass is 343 g/mol. The predicted molar refractivity (Wildman–Crippen MR) is 96.9 cm³/mol. The zero-order valence-corrected chi connectivity index (χ0v) is 14.8. The van der Waals surface area contributed by atoms with Crippen molar-refractivity contribution < 1.29 is 9.47 Å². The van der Waals surface area contributed by atoms with E-state index in [0.29, 0.717) is 26.3 Å². The summed E-state index contributed by atoms with van der Waals surface area (Å²) in [6.45, 7) is 5.48. The van der Waals surface area contributed by atoms with Crippen LogP contribution in [0, 0.1) is 0 Å². The van der Waals surface area contributed by atoms with Crippen molar-refractivity contribution in [3.05, 3.63) is 41.7 Å². The smallest absolute Gasteiger partial charge is 0.191 e. The molecule has 0 unspecified atom stereocenters. The Labute approximate surface area is 148 Å². The molecule has 0 spiro atoms. The van der Waals surface area contributed by atoms with Crippen LogP contribution >= 0.6 is 0 Å². The molecule has 1 aliphatic rings. The summed E-state index contributed by atoms with van der Waals surface area (Å²) in [5.41, 5.74) is 2.18. The molecule has 1 aromatic carbocycles. The van der Waals surface area contributed by atoms with Gasteiger partial charge < -0.3 is 20.1 Å². The molecule has 1 aromatic heterocycles. The summed E-state index contributed by atoms with van der Waals surface area (Å²) in [5.74, 6) is 2.39. The number of ether oxygens (including phenoxy) is 2. The molecule has 2 aromatic rings. The number of aromatic nitrogens is 2. The molecule has 134 valence electrons. The number of benzene rings is 1. The Bertz CT molecular complexity index is 726. The van der Waals surface area contributed by atoms with Gasteiger partial charge in [-0.25, -0.2) is 4.99 Å². The lowest BCUT2D eigenvalue weighted by Crippen LogP contribution is -2.37. The predicted octanol–water partition coefficient (Wildman–Crippen LogP) is 1.84. The second-order valence-corrected chi connectivity index (χ2v) is 5.83. The fourth-order valence-corrected chi connectivity index (χ4v) is 2.57. The van der Waals surface area contributed by atoms with Crippen molar-refractivity contribution in [1.29, 1.82) is 0 Å². The van der Waals surface area contributed by atoms with Gasteiger partial charge in [0.05, 0.1) is 32.0 Å². The van der Waals surface area contributed by atoms with Crippen LogP contribution in [0.15, 0.2) is 35.5 Å². The van der Waals surface area contributed by atoms with Crippen molar-refractivity contribution in [2.24, 2.45) is 12.0 Å².